The lowest BCUT2D eigenvalue weighted by atomic mass is 9.87. The molecule has 0 saturated heterocycles. The van der Waals surface area contributed by atoms with Gasteiger partial charge < -0.3 is 14.8 Å². The van der Waals surface area contributed by atoms with Gasteiger partial charge in [-0.1, -0.05) is 32.9 Å². The van der Waals surface area contributed by atoms with Crippen molar-refractivity contribution >= 4 is 23.3 Å². The molecule has 0 fully saturated rings. The first-order valence-electron chi connectivity index (χ1n) is 9.15. The van der Waals surface area contributed by atoms with Crippen LogP contribution in [-0.4, -0.2) is 29.5 Å². The highest BCUT2D eigenvalue weighted by molar-refractivity contribution is 5.93. The first-order valence-corrected chi connectivity index (χ1v) is 9.15. The van der Waals surface area contributed by atoms with Crippen molar-refractivity contribution in [1.82, 2.24) is 0 Å². The number of carbonyl (C=O) groups is 2. The average molecular weight is 418 g/mol. The summed E-state index contributed by atoms with van der Waals surface area (Å²) in [6, 6.07) is 9.98. The maximum atomic E-state index is 13.7. The topological polar surface area (TPSA) is 108 Å². The van der Waals surface area contributed by atoms with E-state index in [1.165, 1.54) is 6.92 Å². The number of anilines is 1. The Kier molecular flexibility index (Phi) is 7.10. The Morgan fingerprint density at radius 2 is 1.80 bits per heavy atom. The minimum absolute atomic E-state index is 0.0188. The molecule has 9 heteroatoms. The van der Waals surface area contributed by atoms with Gasteiger partial charge in [0.15, 0.2) is 12.7 Å². The predicted octanol–water partition coefficient (Wildman–Crippen LogP) is 3.98. The molecule has 0 radical (unpaired) electrons. The summed E-state index contributed by atoms with van der Waals surface area (Å²) in [5.74, 6) is -2.01. The number of benzene rings is 2. The van der Waals surface area contributed by atoms with Crippen molar-refractivity contribution in [3.63, 3.8) is 0 Å². The molecule has 30 heavy (non-hydrogen) atoms. The van der Waals surface area contributed by atoms with E-state index in [-0.39, 0.29) is 16.8 Å². The third-order valence-corrected chi connectivity index (χ3v) is 4.15. The van der Waals surface area contributed by atoms with Crippen molar-refractivity contribution in [2.45, 2.75) is 39.2 Å². The number of halogens is 1. The first-order chi connectivity index (χ1) is 14.0. The van der Waals surface area contributed by atoms with Gasteiger partial charge >= 0.3 is 5.97 Å². The first kappa shape index (κ1) is 22.8. The summed E-state index contributed by atoms with van der Waals surface area (Å²) in [5.41, 5.74) is 0.321. The second-order valence-corrected chi connectivity index (χ2v) is 7.61. The van der Waals surface area contributed by atoms with Crippen LogP contribution in [0.1, 0.15) is 33.3 Å². The Hall–Kier alpha value is -3.49. The number of ether oxygens (including phenoxy) is 2. The number of non-ortho nitro benzene ring substituents is 1. The standard InChI is InChI=1S/C21H23FN2O6/c1-13(30-16-8-5-14(6-9-16)21(2,3)4)20(26)29-12-19(25)23-18-11-15(24(27)28)7-10-17(18)22/h5-11,13H,12H2,1-4H3,(H,23,25)/t13-/m0/s1. The summed E-state index contributed by atoms with van der Waals surface area (Å²) >= 11 is 0. The third kappa shape index (κ3) is 6.26. The van der Waals surface area contributed by atoms with Gasteiger partial charge in [0.1, 0.15) is 11.6 Å². The van der Waals surface area contributed by atoms with E-state index in [2.05, 4.69) is 26.1 Å². The lowest BCUT2D eigenvalue weighted by Crippen LogP contribution is -2.30. The van der Waals surface area contributed by atoms with Crippen LogP contribution in [0.3, 0.4) is 0 Å². The molecule has 0 bridgehead atoms. The van der Waals surface area contributed by atoms with Gasteiger partial charge in [-0.3, -0.25) is 14.9 Å². The van der Waals surface area contributed by atoms with Gasteiger partial charge in [-0.25, -0.2) is 9.18 Å². The zero-order valence-electron chi connectivity index (χ0n) is 17.1. The molecule has 1 amide bonds. The van der Waals surface area contributed by atoms with Crippen molar-refractivity contribution in [1.29, 1.82) is 0 Å². The number of rotatable bonds is 7. The third-order valence-electron chi connectivity index (χ3n) is 4.15. The molecule has 1 N–H and O–H groups in total. The molecule has 2 rings (SSSR count). The molecule has 0 aromatic heterocycles. The molecule has 0 aliphatic carbocycles. The monoisotopic (exact) mass is 418 g/mol. The van der Waals surface area contributed by atoms with Crippen molar-refractivity contribution in [2.24, 2.45) is 0 Å². The number of esters is 1. The van der Waals surface area contributed by atoms with E-state index in [9.17, 15) is 24.1 Å². The van der Waals surface area contributed by atoms with Gasteiger partial charge in [0.25, 0.3) is 11.6 Å². The van der Waals surface area contributed by atoms with E-state index in [0.717, 1.165) is 23.8 Å². The molecule has 0 aliphatic heterocycles. The van der Waals surface area contributed by atoms with Crippen LogP contribution in [0.2, 0.25) is 0 Å². The van der Waals surface area contributed by atoms with Crippen molar-refractivity contribution < 1.29 is 28.4 Å². The molecule has 0 unspecified atom stereocenters. The highest BCUT2D eigenvalue weighted by Gasteiger charge is 2.20. The number of hydrogen-bond acceptors (Lipinski definition) is 6. The average Bonchev–Trinajstić information content (AvgIpc) is 2.67. The van der Waals surface area contributed by atoms with Crippen LogP contribution in [0.5, 0.6) is 5.75 Å². The van der Waals surface area contributed by atoms with Gasteiger partial charge in [-0.15, -0.1) is 0 Å². The maximum absolute atomic E-state index is 13.7. The Bertz CT molecular complexity index is 938. The van der Waals surface area contributed by atoms with Gasteiger partial charge in [-0.05, 0) is 36.1 Å². The van der Waals surface area contributed by atoms with Gasteiger partial charge in [0.2, 0.25) is 0 Å². The van der Waals surface area contributed by atoms with E-state index in [0.29, 0.717) is 5.75 Å². The molecule has 2 aromatic carbocycles. The van der Waals surface area contributed by atoms with Crippen LogP contribution in [-0.2, 0) is 19.7 Å². The second-order valence-electron chi connectivity index (χ2n) is 7.61. The van der Waals surface area contributed by atoms with Crippen molar-refractivity contribution in [3.05, 3.63) is 64.0 Å². The molecule has 8 nitrogen and oxygen atoms in total. The summed E-state index contributed by atoms with van der Waals surface area (Å²) in [6.07, 6.45) is -0.979. The molecular formula is C21H23FN2O6. The molecular weight excluding hydrogens is 395 g/mol. The Balaban J connectivity index is 1.88. The SMILES string of the molecule is C[C@H](Oc1ccc(C(C)(C)C)cc1)C(=O)OCC(=O)Nc1cc([N+](=O)[O-])ccc1F. The fraction of sp³-hybridized carbons (Fsp3) is 0.333. The van der Waals surface area contributed by atoms with Gasteiger partial charge in [0, 0.05) is 12.1 Å². The fourth-order valence-electron chi connectivity index (χ4n) is 2.45. The van der Waals surface area contributed by atoms with Gasteiger partial charge in [-0.2, -0.15) is 0 Å². The summed E-state index contributed by atoms with van der Waals surface area (Å²) < 4.78 is 24.1. The molecule has 1 atom stereocenters. The lowest BCUT2D eigenvalue weighted by molar-refractivity contribution is -0.384. The molecule has 0 heterocycles. The highest BCUT2D eigenvalue weighted by Crippen LogP contribution is 2.25. The Labute approximate surface area is 173 Å². The molecule has 0 saturated carbocycles. The number of amides is 1. The van der Waals surface area contributed by atoms with Crippen LogP contribution in [0, 0.1) is 15.9 Å². The molecule has 160 valence electrons. The minimum atomic E-state index is -0.979. The molecule has 0 spiro atoms. The highest BCUT2D eigenvalue weighted by atomic mass is 19.1. The summed E-state index contributed by atoms with van der Waals surface area (Å²) in [5, 5.41) is 12.9. The normalized spacial score (nSPS) is 12.0. The lowest BCUT2D eigenvalue weighted by Gasteiger charge is -2.20. The summed E-state index contributed by atoms with van der Waals surface area (Å²) in [6.45, 7) is 7.00. The van der Waals surface area contributed by atoms with Crippen molar-refractivity contribution in [3.8, 4) is 5.75 Å². The van der Waals surface area contributed by atoms with Gasteiger partial charge in [0.05, 0.1) is 10.6 Å². The summed E-state index contributed by atoms with van der Waals surface area (Å²) in [7, 11) is 0. The smallest absolute Gasteiger partial charge is 0.347 e. The zero-order chi connectivity index (χ0) is 22.5. The molecule has 2 aromatic rings. The number of carbonyl (C=O) groups excluding carboxylic acids is 2. The quantitative estimate of drug-likeness (QED) is 0.414. The molecule has 0 aliphatic rings. The maximum Gasteiger partial charge on any atom is 0.347 e. The minimum Gasteiger partial charge on any atom is -0.479 e. The van der Waals surface area contributed by atoms with Crippen LogP contribution < -0.4 is 10.1 Å². The number of nitro benzene ring substituents is 1. The van der Waals surface area contributed by atoms with E-state index in [4.69, 9.17) is 9.47 Å². The number of nitrogens with zero attached hydrogens (tertiary/aromatic N) is 1. The van der Waals surface area contributed by atoms with E-state index >= 15 is 0 Å². The number of nitro groups is 1. The van der Waals surface area contributed by atoms with Crippen molar-refractivity contribution in [2.75, 3.05) is 11.9 Å². The Morgan fingerprint density at radius 1 is 1.17 bits per heavy atom. The predicted molar refractivity (Wildman–Crippen MR) is 108 cm³/mol. The van der Waals surface area contributed by atoms with E-state index < -0.39 is 35.3 Å². The van der Waals surface area contributed by atoms with E-state index in [1.807, 2.05) is 12.1 Å². The van der Waals surface area contributed by atoms with Crippen LogP contribution in [0.15, 0.2) is 42.5 Å². The summed E-state index contributed by atoms with van der Waals surface area (Å²) in [4.78, 5) is 34.0. The van der Waals surface area contributed by atoms with Crippen LogP contribution in [0.25, 0.3) is 0 Å². The zero-order valence-corrected chi connectivity index (χ0v) is 17.1. The number of hydrogen-bond donors (Lipinski definition) is 1. The van der Waals surface area contributed by atoms with Crippen LogP contribution >= 0.6 is 0 Å². The largest absolute Gasteiger partial charge is 0.479 e. The Morgan fingerprint density at radius 3 is 2.37 bits per heavy atom. The van der Waals surface area contributed by atoms with E-state index in [1.54, 1.807) is 12.1 Å². The fourth-order valence-corrected chi connectivity index (χ4v) is 2.45. The van der Waals surface area contributed by atoms with Crippen LogP contribution in [0.4, 0.5) is 15.8 Å². The number of nitrogens with one attached hydrogen (secondary N) is 1. The second kappa shape index (κ2) is 9.34.